The summed E-state index contributed by atoms with van der Waals surface area (Å²) in [7, 11) is 1.66. The fourth-order valence-electron chi connectivity index (χ4n) is 1.81. The first-order valence-corrected chi connectivity index (χ1v) is 5.99. The monoisotopic (exact) mass is 246 g/mol. The number of rotatable bonds is 4. The first-order valence-electron chi connectivity index (χ1n) is 5.99. The van der Waals surface area contributed by atoms with Crippen LogP contribution in [0.25, 0.3) is 11.3 Å². The van der Waals surface area contributed by atoms with E-state index >= 15 is 0 Å². The maximum Gasteiger partial charge on any atom is 0.170 e. The molecule has 96 valence electrons. The zero-order chi connectivity index (χ0) is 13.1. The van der Waals surface area contributed by atoms with Crippen molar-refractivity contribution in [2.75, 3.05) is 7.11 Å². The van der Waals surface area contributed by atoms with E-state index in [4.69, 9.17) is 15.0 Å². The van der Waals surface area contributed by atoms with Crippen molar-refractivity contribution in [3.63, 3.8) is 0 Å². The molecule has 2 N–H and O–H groups in total. The number of nitrogens with two attached hydrogens (primary N) is 1. The van der Waals surface area contributed by atoms with Crippen LogP contribution in [0.3, 0.4) is 0 Å². The summed E-state index contributed by atoms with van der Waals surface area (Å²) in [6, 6.07) is 7.94. The molecule has 0 bridgehead atoms. The molecule has 1 aromatic heterocycles. The van der Waals surface area contributed by atoms with Crippen molar-refractivity contribution < 1.29 is 9.26 Å². The van der Waals surface area contributed by atoms with Crippen molar-refractivity contribution >= 4 is 0 Å². The highest BCUT2D eigenvalue weighted by atomic mass is 16.5. The van der Waals surface area contributed by atoms with E-state index in [1.807, 2.05) is 18.2 Å². The Morgan fingerprint density at radius 2 is 2.11 bits per heavy atom. The second kappa shape index (κ2) is 5.23. The average molecular weight is 246 g/mol. The van der Waals surface area contributed by atoms with Gasteiger partial charge in [-0.15, -0.1) is 0 Å². The summed E-state index contributed by atoms with van der Waals surface area (Å²) in [5.41, 5.74) is 8.39. The first-order chi connectivity index (χ1) is 8.65. The summed E-state index contributed by atoms with van der Waals surface area (Å²) >= 11 is 0. The molecule has 4 heteroatoms. The fourth-order valence-corrected chi connectivity index (χ4v) is 1.81. The van der Waals surface area contributed by atoms with Crippen LogP contribution in [0.5, 0.6) is 5.75 Å². The lowest BCUT2D eigenvalue weighted by Gasteiger charge is -2.10. The van der Waals surface area contributed by atoms with Gasteiger partial charge in [0.15, 0.2) is 5.76 Å². The third kappa shape index (κ3) is 2.38. The second-order valence-electron chi connectivity index (χ2n) is 4.50. The lowest BCUT2D eigenvalue weighted by Crippen LogP contribution is -1.95. The molecule has 1 aromatic carbocycles. The summed E-state index contributed by atoms with van der Waals surface area (Å²) in [6.45, 7) is 4.67. The van der Waals surface area contributed by atoms with Crippen molar-refractivity contribution in [3.05, 3.63) is 35.5 Å². The van der Waals surface area contributed by atoms with Gasteiger partial charge in [-0.05, 0) is 23.6 Å². The van der Waals surface area contributed by atoms with Crippen LogP contribution in [0.15, 0.2) is 28.8 Å². The summed E-state index contributed by atoms with van der Waals surface area (Å²) in [5, 5.41) is 3.89. The van der Waals surface area contributed by atoms with Gasteiger partial charge in [0.1, 0.15) is 5.75 Å². The molecule has 0 saturated heterocycles. The molecule has 2 aromatic rings. The summed E-state index contributed by atoms with van der Waals surface area (Å²) in [4.78, 5) is 0. The highest BCUT2D eigenvalue weighted by Crippen LogP contribution is 2.33. The predicted octanol–water partition coefficient (Wildman–Crippen LogP) is 2.93. The lowest BCUT2D eigenvalue weighted by molar-refractivity contribution is 0.403. The van der Waals surface area contributed by atoms with E-state index in [0.29, 0.717) is 18.2 Å². The van der Waals surface area contributed by atoms with E-state index in [-0.39, 0.29) is 0 Å². The molecule has 0 radical (unpaired) electrons. The fraction of sp³-hybridized carbons (Fsp3) is 0.357. The van der Waals surface area contributed by atoms with Crippen LogP contribution < -0.4 is 10.5 Å². The van der Waals surface area contributed by atoms with E-state index < -0.39 is 0 Å². The molecule has 0 aliphatic heterocycles. The maximum absolute atomic E-state index is 5.52. The Bertz CT molecular complexity index is 532. The Hall–Kier alpha value is -1.81. The Balaban J connectivity index is 2.44. The van der Waals surface area contributed by atoms with E-state index in [9.17, 15) is 0 Å². The molecule has 0 spiro atoms. The van der Waals surface area contributed by atoms with E-state index in [1.54, 1.807) is 7.11 Å². The van der Waals surface area contributed by atoms with Gasteiger partial charge in [-0.3, -0.25) is 0 Å². The van der Waals surface area contributed by atoms with E-state index in [2.05, 4.69) is 25.1 Å². The number of aromatic nitrogens is 1. The van der Waals surface area contributed by atoms with Crippen LogP contribution in [0.2, 0.25) is 0 Å². The zero-order valence-corrected chi connectivity index (χ0v) is 10.9. The molecule has 4 nitrogen and oxygen atoms in total. The number of benzene rings is 1. The minimum Gasteiger partial charge on any atom is -0.496 e. The third-order valence-electron chi connectivity index (χ3n) is 2.93. The van der Waals surface area contributed by atoms with Gasteiger partial charge in [-0.1, -0.05) is 25.1 Å². The summed E-state index contributed by atoms with van der Waals surface area (Å²) in [5.74, 6) is 1.94. The smallest absolute Gasteiger partial charge is 0.170 e. The first kappa shape index (κ1) is 12.6. The molecule has 0 fully saturated rings. The van der Waals surface area contributed by atoms with Gasteiger partial charge < -0.3 is 15.0 Å². The molecule has 0 unspecified atom stereocenters. The van der Waals surface area contributed by atoms with Crippen molar-refractivity contribution in [2.45, 2.75) is 26.3 Å². The minimum absolute atomic E-state index is 0.371. The van der Waals surface area contributed by atoms with Crippen molar-refractivity contribution in [3.8, 4) is 17.1 Å². The highest BCUT2D eigenvalue weighted by molar-refractivity contribution is 5.66. The SMILES string of the molecule is COc1cc(C(C)C)ccc1-c1cc(CN)no1. The quantitative estimate of drug-likeness (QED) is 0.901. The topological polar surface area (TPSA) is 61.3 Å². The van der Waals surface area contributed by atoms with Crippen LogP contribution in [0.1, 0.15) is 31.0 Å². The normalized spacial score (nSPS) is 10.9. The Kier molecular flexibility index (Phi) is 3.67. The molecular weight excluding hydrogens is 228 g/mol. The van der Waals surface area contributed by atoms with Crippen LogP contribution >= 0.6 is 0 Å². The highest BCUT2D eigenvalue weighted by Gasteiger charge is 2.13. The minimum atomic E-state index is 0.371. The molecule has 0 saturated carbocycles. The Morgan fingerprint density at radius 3 is 2.67 bits per heavy atom. The number of hydrogen-bond acceptors (Lipinski definition) is 4. The largest absolute Gasteiger partial charge is 0.496 e. The van der Waals surface area contributed by atoms with Gasteiger partial charge in [-0.2, -0.15) is 0 Å². The van der Waals surface area contributed by atoms with Gasteiger partial charge in [0.05, 0.1) is 18.4 Å². The van der Waals surface area contributed by atoms with Crippen LogP contribution in [0, 0.1) is 0 Å². The van der Waals surface area contributed by atoms with Crippen molar-refractivity contribution in [1.82, 2.24) is 5.16 Å². The molecule has 0 aliphatic rings. The number of hydrogen-bond donors (Lipinski definition) is 1. The maximum atomic E-state index is 5.52. The van der Waals surface area contributed by atoms with Gasteiger partial charge >= 0.3 is 0 Å². The number of ether oxygens (including phenoxy) is 1. The van der Waals surface area contributed by atoms with E-state index in [1.165, 1.54) is 5.56 Å². The molecule has 0 atom stereocenters. The average Bonchev–Trinajstić information content (AvgIpc) is 2.86. The molecule has 0 amide bonds. The van der Waals surface area contributed by atoms with Crippen LogP contribution in [0.4, 0.5) is 0 Å². The summed E-state index contributed by atoms with van der Waals surface area (Å²) < 4.78 is 10.7. The Morgan fingerprint density at radius 1 is 1.33 bits per heavy atom. The predicted molar refractivity (Wildman–Crippen MR) is 70.5 cm³/mol. The van der Waals surface area contributed by atoms with Gasteiger partial charge in [-0.25, -0.2) is 0 Å². The van der Waals surface area contributed by atoms with Gasteiger partial charge in [0.25, 0.3) is 0 Å². The van der Waals surface area contributed by atoms with Gasteiger partial charge in [0, 0.05) is 12.6 Å². The Labute approximate surface area is 107 Å². The van der Waals surface area contributed by atoms with Crippen LogP contribution in [-0.2, 0) is 6.54 Å². The van der Waals surface area contributed by atoms with Crippen LogP contribution in [-0.4, -0.2) is 12.3 Å². The van der Waals surface area contributed by atoms with Crippen molar-refractivity contribution in [1.29, 1.82) is 0 Å². The number of nitrogens with zero attached hydrogens (tertiary/aromatic N) is 1. The zero-order valence-electron chi connectivity index (χ0n) is 10.9. The van der Waals surface area contributed by atoms with Gasteiger partial charge in [0.2, 0.25) is 0 Å². The molecule has 0 aliphatic carbocycles. The molecule has 18 heavy (non-hydrogen) atoms. The molecule has 1 heterocycles. The molecule has 2 rings (SSSR count). The summed E-state index contributed by atoms with van der Waals surface area (Å²) in [6.07, 6.45) is 0. The van der Waals surface area contributed by atoms with Crippen molar-refractivity contribution in [2.24, 2.45) is 5.73 Å². The second-order valence-corrected chi connectivity index (χ2v) is 4.50. The van der Waals surface area contributed by atoms with E-state index in [0.717, 1.165) is 17.0 Å². The standard InChI is InChI=1S/C14H18N2O2/c1-9(2)10-4-5-12(13(6-10)17-3)14-7-11(8-15)16-18-14/h4-7,9H,8,15H2,1-3H3. The third-order valence-corrected chi connectivity index (χ3v) is 2.93. The molecular formula is C14H18N2O2. The number of methoxy groups -OCH3 is 1. The lowest BCUT2D eigenvalue weighted by atomic mass is 10.00.